The second-order valence-corrected chi connectivity index (χ2v) is 9.40. The number of thioether (sulfide) groups is 1. The zero-order valence-electron chi connectivity index (χ0n) is 17.8. The molecule has 2 amide bonds. The molecule has 2 heterocycles. The number of hydrogen-bond acceptors (Lipinski definition) is 7. The molecule has 1 aliphatic rings. The minimum absolute atomic E-state index is 0.148. The fourth-order valence-corrected chi connectivity index (χ4v) is 4.88. The van der Waals surface area contributed by atoms with Crippen molar-refractivity contribution < 1.29 is 18.7 Å². The van der Waals surface area contributed by atoms with E-state index in [1.807, 2.05) is 29.6 Å². The highest BCUT2D eigenvalue weighted by Gasteiger charge is 2.13. The van der Waals surface area contributed by atoms with Crippen LogP contribution in [0.5, 0.6) is 0 Å². The van der Waals surface area contributed by atoms with Crippen LogP contribution in [0.25, 0.3) is 0 Å². The molecule has 172 valence electrons. The van der Waals surface area contributed by atoms with Gasteiger partial charge in [-0.1, -0.05) is 11.8 Å². The second-order valence-electron chi connectivity index (χ2n) is 7.32. The van der Waals surface area contributed by atoms with E-state index in [2.05, 4.69) is 20.5 Å². The first-order valence-corrected chi connectivity index (χ1v) is 12.3. The molecule has 1 aromatic heterocycles. The van der Waals surface area contributed by atoms with Gasteiger partial charge in [0.1, 0.15) is 5.82 Å². The van der Waals surface area contributed by atoms with Gasteiger partial charge in [-0.05, 0) is 48.5 Å². The summed E-state index contributed by atoms with van der Waals surface area (Å²) in [5, 5.41) is 7.42. The Labute approximate surface area is 199 Å². The summed E-state index contributed by atoms with van der Waals surface area (Å²) in [6.07, 6.45) is 0.157. The predicted octanol–water partition coefficient (Wildman–Crippen LogP) is 4.03. The van der Waals surface area contributed by atoms with E-state index in [9.17, 15) is 14.0 Å². The van der Waals surface area contributed by atoms with Gasteiger partial charge in [0.25, 0.3) is 0 Å². The number of carbonyl (C=O) groups excluding carboxylic acids is 2. The first-order chi connectivity index (χ1) is 16.0. The lowest BCUT2D eigenvalue weighted by Crippen LogP contribution is -2.36. The average Bonchev–Trinajstić information content (AvgIpc) is 3.27. The Morgan fingerprint density at radius 2 is 1.64 bits per heavy atom. The third-order valence-corrected chi connectivity index (χ3v) is 6.92. The number of nitrogens with one attached hydrogen (secondary N) is 2. The molecule has 0 aliphatic carbocycles. The minimum Gasteiger partial charge on any atom is -0.378 e. The number of aromatic nitrogens is 1. The highest BCUT2D eigenvalue weighted by molar-refractivity contribution is 8.01. The van der Waals surface area contributed by atoms with E-state index >= 15 is 0 Å². The number of benzene rings is 2. The highest BCUT2D eigenvalue weighted by Crippen LogP contribution is 2.24. The standard InChI is InChI=1S/C23H23FN4O3S2/c24-16-1-3-17(4-2-16)26-22(30)15-33-23-27-19(14-32-23)13-21(29)25-18-5-7-20(8-6-18)28-9-11-31-12-10-28/h1-8,14H,9-13,15H2,(H,25,29)(H,26,30). The van der Waals surface area contributed by atoms with Gasteiger partial charge in [-0.3, -0.25) is 9.59 Å². The summed E-state index contributed by atoms with van der Waals surface area (Å²) in [5.74, 6) is -0.537. The molecule has 0 saturated carbocycles. The Morgan fingerprint density at radius 1 is 1.00 bits per heavy atom. The second kappa shape index (κ2) is 11.3. The Bertz CT molecular complexity index is 1080. The molecular weight excluding hydrogens is 463 g/mol. The zero-order valence-corrected chi connectivity index (χ0v) is 19.4. The molecule has 0 spiro atoms. The summed E-state index contributed by atoms with van der Waals surface area (Å²) < 4.78 is 19.0. The summed E-state index contributed by atoms with van der Waals surface area (Å²) >= 11 is 2.69. The van der Waals surface area contributed by atoms with Crippen molar-refractivity contribution in [2.24, 2.45) is 0 Å². The molecule has 0 unspecified atom stereocenters. The summed E-state index contributed by atoms with van der Waals surface area (Å²) in [6, 6.07) is 13.4. The molecule has 1 fully saturated rings. The summed E-state index contributed by atoms with van der Waals surface area (Å²) in [5.41, 5.74) is 3.04. The Kier molecular flexibility index (Phi) is 7.92. The first-order valence-electron chi connectivity index (χ1n) is 10.4. The van der Waals surface area contributed by atoms with Crippen LogP contribution in [0.4, 0.5) is 21.5 Å². The highest BCUT2D eigenvalue weighted by atomic mass is 32.2. The van der Waals surface area contributed by atoms with Crippen LogP contribution < -0.4 is 15.5 Å². The number of morpholine rings is 1. The van der Waals surface area contributed by atoms with E-state index in [1.54, 1.807) is 0 Å². The third kappa shape index (κ3) is 7.01. The number of amides is 2. The Morgan fingerprint density at radius 3 is 2.33 bits per heavy atom. The number of anilines is 3. The van der Waals surface area contributed by atoms with Crippen LogP contribution in [0, 0.1) is 5.82 Å². The quantitative estimate of drug-likeness (QED) is 0.468. The van der Waals surface area contributed by atoms with Crippen LogP contribution in [0.2, 0.25) is 0 Å². The van der Waals surface area contributed by atoms with Gasteiger partial charge in [0.15, 0.2) is 4.34 Å². The summed E-state index contributed by atoms with van der Waals surface area (Å²) in [7, 11) is 0. The maximum absolute atomic E-state index is 12.9. The monoisotopic (exact) mass is 486 g/mol. The number of hydrogen-bond donors (Lipinski definition) is 2. The molecule has 4 rings (SSSR count). The van der Waals surface area contributed by atoms with Crippen LogP contribution in [0.1, 0.15) is 5.69 Å². The number of halogens is 1. The van der Waals surface area contributed by atoms with Gasteiger partial charge in [0, 0.05) is 35.5 Å². The topological polar surface area (TPSA) is 83.6 Å². The smallest absolute Gasteiger partial charge is 0.234 e. The van der Waals surface area contributed by atoms with Crippen LogP contribution in [0.15, 0.2) is 58.3 Å². The maximum Gasteiger partial charge on any atom is 0.234 e. The Balaban J connectivity index is 1.22. The maximum atomic E-state index is 12.9. The number of carbonyl (C=O) groups is 2. The van der Waals surface area contributed by atoms with Crippen LogP contribution >= 0.6 is 23.1 Å². The summed E-state index contributed by atoms with van der Waals surface area (Å²) in [6.45, 7) is 3.18. The van der Waals surface area contributed by atoms with Crippen molar-refractivity contribution in [3.63, 3.8) is 0 Å². The number of ether oxygens (including phenoxy) is 1. The zero-order chi connectivity index (χ0) is 23.0. The van der Waals surface area contributed by atoms with E-state index in [-0.39, 0.29) is 29.8 Å². The largest absolute Gasteiger partial charge is 0.378 e. The van der Waals surface area contributed by atoms with Gasteiger partial charge in [-0.25, -0.2) is 9.37 Å². The van der Waals surface area contributed by atoms with Crippen molar-refractivity contribution in [1.29, 1.82) is 0 Å². The molecule has 2 N–H and O–H groups in total. The molecule has 1 aliphatic heterocycles. The van der Waals surface area contributed by atoms with Crippen molar-refractivity contribution in [2.75, 3.05) is 47.6 Å². The van der Waals surface area contributed by atoms with Gasteiger partial charge in [-0.15, -0.1) is 11.3 Å². The number of rotatable bonds is 8. The predicted molar refractivity (Wildman–Crippen MR) is 130 cm³/mol. The molecule has 7 nitrogen and oxygen atoms in total. The summed E-state index contributed by atoms with van der Waals surface area (Å²) in [4.78, 5) is 31.1. The fourth-order valence-electron chi connectivity index (χ4n) is 3.24. The van der Waals surface area contributed by atoms with E-state index < -0.39 is 0 Å². The molecule has 2 aromatic carbocycles. The SMILES string of the molecule is O=C(CSc1nc(CC(=O)Nc2ccc(N3CCOCC3)cc2)cs1)Nc1ccc(F)cc1. The molecule has 0 bridgehead atoms. The fraction of sp³-hybridized carbons (Fsp3) is 0.261. The van der Waals surface area contributed by atoms with Crippen molar-refractivity contribution in [3.05, 3.63) is 65.4 Å². The van der Waals surface area contributed by atoms with Crippen molar-refractivity contribution in [2.45, 2.75) is 10.8 Å². The van der Waals surface area contributed by atoms with Crippen LogP contribution in [0.3, 0.4) is 0 Å². The van der Waals surface area contributed by atoms with Crippen molar-refractivity contribution >= 4 is 52.0 Å². The van der Waals surface area contributed by atoms with Crippen molar-refractivity contribution in [3.8, 4) is 0 Å². The lowest BCUT2D eigenvalue weighted by atomic mass is 10.2. The molecule has 1 saturated heterocycles. The number of nitrogens with zero attached hydrogens (tertiary/aromatic N) is 2. The van der Waals surface area contributed by atoms with Gasteiger partial charge in [0.2, 0.25) is 11.8 Å². The normalized spacial score (nSPS) is 13.5. The molecule has 0 radical (unpaired) electrons. The molecule has 10 heteroatoms. The van der Waals surface area contributed by atoms with E-state index in [1.165, 1.54) is 47.4 Å². The molecule has 0 atom stereocenters. The van der Waals surface area contributed by atoms with E-state index in [0.717, 1.165) is 37.7 Å². The average molecular weight is 487 g/mol. The molecule has 3 aromatic rings. The minimum atomic E-state index is -0.355. The van der Waals surface area contributed by atoms with Gasteiger partial charge >= 0.3 is 0 Å². The third-order valence-electron chi connectivity index (χ3n) is 4.85. The van der Waals surface area contributed by atoms with Crippen LogP contribution in [-0.4, -0.2) is 48.9 Å². The number of thiazole rings is 1. The van der Waals surface area contributed by atoms with Crippen molar-refractivity contribution in [1.82, 2.24) is 4.98 Å². The lowest BCUT2D eigenvalue weighted by Gasteiger charge is -2.28. The van der Waals surface area contributed by atoms with E-state index in [0.29, 0.717) is 15.7 Å². The van der Waals surface area contributed by atoms with Crippen LogP contribution in [-0.2, 0) is 20.7 Å². The van der Waals surface area contributed by atoms with Gasteiger partial charge in [-0.2, -0.15) is 0 Å². The molecular formula is C23H23FN4O3S2. The van der Waals surface area contributed by atoms with E-state index in [4.69, 9.17) is 4.74 Å². The van der Waals surface area contributed by atoms with Gasteiger partial charge < -0.3 is 20.3 Å². The lowest BCUT2D eigenvalue weighted by molar-refractivity contribution is -0.116. The molecule has 33 heavy (non-hydrogen) atoms. The van der Waals surface area contributed by atoms with Gasteiger partial charge in [0.05, 0.1) is 31.1 Å². The first kappa shape index (κ1) is 23.2. The Hall–Kier alpha value is -2.95.